The number of halogens is 3. The van der Waals surface area contributed by atoms with Gasteiger partial charge in [-0.15, -0.1) is 0 Å². The lowest BCUT2D eigenvalue weighted by atomic mass is 10.2. The average Bonchev–Trinajstić information content (AvgIpc) is 3.02. The molecule has 0 bridgehead atoms. The topological polar surface area (TPSA) is 68.2 Å². The lowest BCUT2D eigenvalue weighted by Crippen LogP contribution is -2.25. The summed E-state index contributed by atoms with van der Waals surface area (Å²) in [7, 11) is 0. The van der Waals surface area contributed by atoms with Crippen LogP contribution >= 0.6 is 11.6 Å². The van der Waals surface area contributed by atoms with Crippen LogP contribution in [0.15, 0.2) is 42.5 Å². The van der Waals surface area contributed by atoms with Gasteiger partial charge >= 0.3 is 12.7 Å². The number of benzene rings is 2. The van der Waals surface area contributed by atoms with Crippen LogP contribution in [0.25, 0.3) is 0 Å². The summed E-state index contributed by atoms with van der Waals surface area (Å²) < 4.78 is 40.1. The van der Waals surface area contributed by atoms with E-state index in [1.54, 1.807) is 30.3 Å². The van der Waals surface area contributed by atoms with Gasteiger partial charge in [-0.2, -0.15) is 8.78 Å². The molecule has 1 atom stereocenters. The van der Waals surface area contributed by atoms with E-state index in [4.69, 9.17) is 26.2 Å². The molecule has 6 nitrogen and oxygen atoms in total. The summed E-state index contributed by atoms with van der Waals surface area (Å²) in [5, 5.41) is 9.33. The number of anilines is 1. The molecule has 3 rings (SSSR count). The van der Waals surface area contributed by atoms with Crippen molar-refractivity contribution in [2.45, 2.75) is 19.3 Å². The molecule has 0 aliphatic carbocycles. The van der Waals surface area contributed by atoms with E-state index in [1.165, 1.54) is 17.0 Å². The Kier molecular flexibility index (Phi) is 5.98. The SMILES string of the molecule is O=C1OC(CO)CN1c1ccc(OCc2c(Cl)cccc2OC(F)F)cc1. The van der Waals surface area contributed by atoms with Crippen LogP contribution in [0.3, 0.4) is 0 Å². The van der Waals surface area contributed by atoms with E-state index in [0.717, 1.165) is 0 Å². The number of aliphatic hydroxyl groups excluding tert-OH is 1. The van der Waals surface area contributed by atoms with Crippen molar-refractivity contribution >= 4 is 23.4 Å². The van der Waals surface area contributed by atoms with Crippen LogP contribution in [-0.2, 0) is 11.3 Å². The third-order valence-electron chi connectivity index (χ3n) is 3.90. The normalized spacial score (nSPS) is 16.6. The molecule has 1 saturated heterocycles. The maximum absolute atomic E-state index is 12.5. The van der Waals surface area contributed by atoms with Crippen LogP contribution in [0.2, 0.25) is 5.02 Å². The number of aliphatic hydroxyl groups is 1. The summed E-state index contributed by atoms with van der Waals surface area (Å²) >= 11 is 6.05. The Morgan fingerprint density at radius 2 is 2.00 bits per heavy atom. The number of ether oxygens (including phenoxy) is 3. The van der Waals surface area contributed by atoms with E-state index in [0.29, 0.717) is 17.0 Å². The average molecular weight is 400 g/mol. The molecule has 1 N–H and O–H groups in total. The zero-order valence-electron chi connectivity index (χ0n) is 14.0. The van der Waals surface area contributed by atoms with Gasteiger partial charge in [0.1, 0.15) is 24.2 Å². The Hall–Kier alpha value is -2.58. The van der Waals surface area contributed by atoms with E-state index < -0.39 is 18.8 Å². The number of carbonyl (C=O) groups excluding carboxylic acids is 1. The summed E-state index contributed by atoms with van der Waals surface area (Å²) in [4.78, 5) is 13.2. The van der Waals surface area contributed by atoms with Crippen LogP contribution in [0.4, 0.5) is 19.3 Å². The Bertz CT molecular complexity index is 803. The summed E-state index contributed by atoms with van der Waals surface area (Å²) in [5.74, 6) is 0.400. The number of hydrogen-bond donors (Lipinski definition) is 1. The predicted octanol–water partition coefficient (Wildman–Crippen LogP) is 3.84. The van der Waals surface area contributed by atoms with Crippen molar-refractivity contribution in [1.82, 2.24) is 0 Å². The van der Waals surface area contributed by atoms with E-state index in [1.807, 2.05) is 0 Å². The van der Waals surface area contributed by atoms with Gasteiger partial charge in [0.05, 0.1) is 23.7 Å². The molecule has 1 unspecified atom stereocenters. The molecule has 1 aliphatic heterocycles. The van der Waals surface area contributed by atoms with Crippen molar-refractivity contribution < 1.29 is 32.9 Å². The molecule has 1 amide bonds. The minimum absolute atomic E-state index is 0.0519. The summed E-state index contributed by atoms with van der Waals surface area (Å²) in [6.07, 6.45) is -1.09. The number of carbonyl (C=O) groups is 1. The first kappa shape index (κ1) is 19.2. The van der Waals surface area contributed by atoms with Crippen molar-refractivity contribution in [1.29, 1.82) is 0 Å². The molecule has 2 aromatic carbocycles. The lowest BCUT2D eigenvalue weighted by molar-refractivity contribution is -0.0508. The number of nitrogens with zero attached hydrogens (tertiary/aromatic N) is 1. The second kappa shape index (κ2) is 8.41. The number of cyclic esters (lactones) is 1. The number of hydrogen-bond acceptors (Lipinski definition) is 5. The summed E-state index contributed by atoms with van der Waals surface area (Å²) in [6, 6.07) is 11.0. The molecule has 2 aromatic rings. The number of amides is 1. The van der Waals surface area contributed by atoms with Crippen molar-refractivity contribution in [3.63, 3.8) is 0 Å². The first-order chi connectivity index (χ1) is 13.0. The smallest absolute Gasteiger partial charge is 0.414 e. The first-order valence-corrected chi connectivity index (χ1v) is 8.40. The van der Waals surface area contributed by atoms with E-state index in [9.17, 15) is 13.6 Å². The number of alkyl halides is 2. The highest BCUT2D eigenvalue weighted by Crippen LogP contribution is 2.30. The summed E-state index contributed by atoms with van der Waals surface area (Å²) in [6.45, 7) is -3.03. The van der Waals surface area contributed by atoms with Crippen LogP contribution in [0.1, 0.15) is 5.56 Å². The molecule has 9 heteroatoms. The Labute approximate surface area is 158 Å². The lowest BCUT2D eigenvalue weighted by Gasteiger charge is -2.15. The van der Waals surface area contributed by atoms with E-state index in [-0.39, 0.29) is 30.5 Å². The molecule has 1 fully saturated rings. The fraction of sp³-hybridized carbons (Fsp3) is 0.278. The molecule has 0 radical (unpaired) electrons. The van der Waals surface area contributed by atoms with Crippen molar-refractivity contribution in [3.8, 4) is 11.5 Å². The summed E-state index contributed by atoms with van der Waals surface area (Å²) in [5.41, 5.74) is 0.889. The molecule has 144 valence electrons. The quantitative estimate of drug-likeness (QED) is 0.766. The molecule has 1 heterocycles. The van der Waals surface area contributed by atoms with E-state index in [2.05, 4.69) is 4.74 Å². The highest BCUT2D eigenvalue weighted by molar-refractivity contribution is 6.31. The predicted molar refractivity (Wildman–Crippen MR) is 93.6 cm³/mol. The van der Waals surface area contributed by atoms with Gasteiger partial charge in [0.25, 0.3) is 0 Å². The Morgan fingerprint density at radius 3 is 2.63 bits per heavy atom. The highest BCUT2D eigenvalue weighted by atomic mass is 35.5. The van der Waals surface area contributed by atoms with Crippen molar-refractivity contribution in [2.75, 3.05) is 18.1 Å². The minimum Gasteiger partial charge on any atom is -0.489 e. The zero-order chi connectivity index (χ0) is 19.4. The fourth-order valence-corrected chi connectivity index (χ4v) is 2.81. The second-order valence-corrected chi connectivity index (χ2v) is 6.08. The molecule has 1 aliphatic rings. The van der Waals surface area contributed by atoms with Gasteiger partial charge in [-0.05, 0) is 36.4 Å². The standard InChI is InChI=1S/C18H16ClF2NO5/c19-15-2-1-3-16(27-17(20)21)14(15)10-25-12-6-4-11(5-7-12)22-8-13(9-23)26-18(22)24/h1-7,13,17,23H,8-10H2. The van der Waals surface area contributed by atoms with Crippen LogP contribution < -0.4 is 14.4 Å². The highest BCUT2D eigenvalue weighted by Gasteiger charge is 2.31. The Morgan fingerprint density at radius 1 is 1.26 bits per heavy atom. The van der Waals surface area contributed by atoms with E-state index >= 15 is 0 Å². The van der Waals surface area contributed by atoms with Gasteiger partial charge in [0.15, 0.2) is 0 Å². The molecule has 27 heavy (non-hydrogen) atoms. The monoisotopic (exact) mass is 399 g/mol. The van der Waals surface area contributed by atoms with Gasteiger partial charge in [-0.3, -0.25) is 4.90 Å². The maximum Gasteiger partial charge on any atom is 0.414 e. The van der Waals surface area contributed by atoms with Crippen LogP contribution in [0.5, 0.6) is 11.5 Å². The van der Waals surface area contributed by atoms with Crippen molar-refractivity contribution in [2.24, 2.45) is 0 Å². The van der Waals surface area contributed by atoms with Gasteiger partial charge < -0.3 is 19.3 Å². The molecular formula is C18H16ClF2NO5. The van der Waals surface area contributed by atoms with Gasteiger partial charge in [0, 0.05) is 5.69 Å². The van der Waals surface area contributed by atoms with Crippen molar-refractivity contribution in [3.05, 3.63) is 53.1 Å². The molecule has 0 spiro atoms. The zero-order valence-corrected chi connectivity index (χ0v) is 14.7. The number of rotatable bonds is 7. The minimum atomic E-state index is -2.97. The van der Waals surface area contributed by atoms with Crippen LogP contribution in [-0.4, -0.2) is 37.1 Å². The third kappa shape index (κ3) is 4.58. The maximum atomic E-state index is 12.5. The first-order valence-electron chi connectivity index (χ1n) is 8.02. The molecule has 0 aromatic heterocycles. The van der Waals surface area contributed by atoms with Gasteiger partial charge in [0.2, 0.25) is 0 Å². The fourth-order valence-electron chi connectivity index (χ4n) is 2.59. The molecular weight excluding hydrogens is 384 g/mol. The van der Waals surface area contributed by atoms with Crippen LogP contribution in [0, 0.1) is 0 Å². The third-order valence-corrected chi connectivity index (χ3v) is 4.26. The molecule has 0 saturated carbocycles. The largest absolute Gasteiger partial charge is 0.489 e. The van der Waals surface area contributed by atoms with Gasteiger partial charge in [-0.1, -0.05) is 17.7 Å². The second-order valence-electron chi connectivity index (χ2n) is 5.68. The van der Waals surface area contributed by atoms with Gasteiger partial charge in [-0.25, -0.2) is 4.79 Å². The Balaban J connectivity index is 1.67.